The number of nitrogens with zero attached hydrogens (tertiary/aromatic N) is 1. The maximum Gasteiger partial charge on any atom is 0.345 e. The summed E-state index contributed by atoms with van der Waals surface area (Å²) in [6, 6.07) is 9.53. The number of aliphatic imine (C=N–C) groups is 1. The van der Waals surface area contributed by atoms with Crippen LogP contribution in [-0.4, -0.2) is 50.0 Å². The summed E-state index contributed by atoms with van der Waals surface area (Å²) < 4.78 is 10.0. The van der Waals surface area contributed by atoms with E-state index in [1.54, 1.807) is 37.4 Å². The Bertz CT molecular complexity index is 956. The van der Waals surface area contributed by atoms with Gasteiger partial charge in [-0.1, -0.05) is 12.1 Å². The minimum Gasteiger partial charge on any atom is -0.497 e. The van der Waals surface area contributed by atoms with Crippen molar-refractivity contribution in [2.45, 2.75) is 18.9 Å². The van der Waals surface area contributed by atoms with Crippen LogP contribution in [0.4, 0.5) is 0 Å². The SMILES string of the molecule is COc1ccc2cc(C(=O)OC(=O)CN[C@@H](CCCN=C(N)N)C(N)=O)ccc2c1. The highest BCUT2D eigenvalue weighted by molar-refractivity contribution is 6.00. The lowest BCUT2D eigenvalue weighted by Crippen LogP contribution is -2.44. The quantitative estimate of drug-likeness (QED) is 0.138. The number of nitrogens with one attached hydrogen (secondary N) is 1. The minimum absolute atomic E-state index is 0.0477. The van der Waals surface area contributed by atoms with Gasteiger partial charge in [-0.15, -0.1) is 0 Å². The molecule has 0 spiro atoms. The third-order valence-corrected chi connectivity index (χ3v) is 4.27. The Hall–Kier alpha value is -3.66. The van der Waals surface area contributed by atoms with Crippen LogP contribution >= 0.6 is 0 Å². The first kappa shape index (κ1) is 22.6. The second-order valence-electron chi connectivity index (χ2n) is 6.47. The number of carbonyl (C=O) groups excluding carboxylic acids is 3. The van der Waals surface area contributed by atoms with Crippen molar-refractivity contribution in [1.82, 2.24) is 5.32 Å². The zero-order valence-electron chi connectivity index (χ0n) is 16.6. The largest absolute Gasteiger partial charge is 0.497 e. The van der Waals surface area contributed by atoms with E-state index in [0.29, 0.717) is 25.1 Å². The van der Waals surface area contributed by atoms with E-state index < -0.39 is 23.9 Å². The number of hydrogen-bond acceptors (Lipinski definition) is 7. The van der Waals surface area contributed by atoms with E-state index in [4.69, 9.17) is 26.7 Å². The Labute approximate surface area is 173 Å². The van der Waals surface area contributed by atoms with Gasteiger partial charge in [-0.25, -0.2) is 4.79 Å². The highest BCUT2D eigenvalue weighted by Gasteiger charge is 2.18. The number of nitrogens with two attached hydrogens (primary N) is 3. The highest BCUT2D eigenvalue weighted by Crippen LogP contribution is 2.22. The highest BCUT2D eigenvalue weighted by atomic mass is 16.6. The number of fused-ring (bicyclic) bond motifs is 1. The normalized spacial score (nSPS) is 11.5. The van der Waals surface area contributed by atoms with E-state index in [1.165, 1.54) is 0 Å². The summed E-state index contributed by atoms with van der Waals surface area (Å²) in [5.41, 5.74) is 16.0. The van der Waals surface area contributed by atoms with Gasteiger partial charge >= 0.3 is 11.9 Å². The maximum absolute atomic E-state index is 12.2. The smallest absolute Gasteiger partial charge is 0.345 e. The maximum atomic E-state index is 12.2. The summed E-state index contributed by atoms with van der Waals surface area (Å²) in [6.45, 7) is -0.0308. The van der Waals surface area contributed by atoms with Gasteiger partial charge in [0.05, 0.1) is 25.3 Å². The van der Waals surface area contributed by atoms with Crippen LogP contribution in [0.5, 0.6) is 5.75 Å². The Morgan fingerprint density at radius 3 is 2.43 bits per heavy atom. The van der Waals surface area contributed by atoms with Crippen LogP contribution in [0.3, 0.4) is 0 Å². The van der Waals surface area contributed by atoms with Gasteiger partial charge in [0.1, 0.15) is 5.75 Å². The number of guanidine groups is 1. The molecular weight excluding hydrogens is 390 g/mol. The molecule has 0 aliphatic carbocycles. The summed E-state index contributed by atoms with van der Waals surface area (Å²) in [6.07, 6.45) is 0.801. The lowest BCUT2D eigenvalue weighted by Gasteiger charge is -2.14. The fourth-order valence-corrected chi connectivity index (χ4v) is 2.73. The zero-order chi connectivity index (χ0) is 22.1. The van der Waals surface area contributed by atoms with Crippen molar-refractivity contribution >= 4 is 34.6 Å². The molecule has 0 saturated carbocycles. The van der Waals surface area contributed by atoms with Gasteiger partial charge in [-0.2, -0.15) is 0 Å². The molecule has 0 fully saturated rings. The zero-order valence-corrected chi connectivity index (χ0v) is 16.6. The Kier molecular flexibility index (Phi) is 8.12. The van der Waals surface area contributed by atoms with E-state index in [1.807, 2.05) is 6.07 Å². The lowest BCUT2D eigenvalue weighted by molar-refractivity contribution is -0.137. The van der Waals surface area contributed by atoms with Crippen LogP contribution in [0.2, 0.25) is 0 Å². The van der Waals surface area contributed by atoms with Gasteiger partial charge in [-0.05, 0) is 47.9 Å². The molecule has 1 atom stereocenters. The topological polar surface area (TPSA) is 172 Å². The number of esters is 2. The number of rotatable bonds is 10. The summed E-state index contributed by atoms with van der Waals surface area (Å²) in [7, 11) is 1.57. The van der Waals surface area contributed by atoms with Gasteiger partial charge in [0.15, 0.2) is 5.96 Å². The summed E-state index contributed by atoms with van der Waals surface area (Å²) in [4.78, 5) is 39.5. The molecule has 10 nitrogen and oxygen atoms in total. The monoisotopic (exact) mass is 415 g/mol. The van der Waals surface area contributed by atoms with Crippen LogP contribution in [-0.2, 0) is 14.3 Å². The molecule has 2 aromatic rings. The molecular formula is C20H25N5O5. The van der Waals surface area contributed by atoms with Gasteiger partial charge in [0.2, 0.25) is 5.91 Å². The van der Waals surface area contributed by atoms with Crippen LogP contribution < -0.4 is 27.3 Å². The number of methoxy groups -OCH3 is 1. The molecule has 0 bridgehead atoms. The molecule has 0 radical (unpaired) electrons. The third kappa shape index (κ3) is 6.74. The van der Waals surface area contributed by atoms with Gasteiger partial charge in [-0.3, -0.25) is 19.9 Å². The first-order valence-corrected chi connectivity index (χ1v) is 9.21. The fraction of sp³-hybridized carbons (Fsp3) is 0.300. The molecule has 160 valence electrons. The molecule has 0 heterocycles. The number of ether oxygens (including phenoxy) is 2. The number of amides is 1. The number of primary amides is 1. The molecule has 0 aliphatic heterocycles. The van der Waals surface area contributed by atoms with Gasteiger partial charge in [0, 0.05) is 6.54 Å². The molecule has 30 heavy (non-hydrogen) atoms. The van der Waals surface area contributed by atoms with Crippen LogP contribution in [0, 0.1) is 0 Å². The van der Waals surface area contributed by atoms with Gasteiger partial charge < -0.3 is 26.7 Å². The van der Waals surface area contributed by atoms with Crippen molar-refractivity contribution in [1.29, 1.82) is 0 Å². The number of carbonyl (C=O) groups is 3. The summed E-state index contributed by atoms with van der Waals surface area (Å²) in [5.74, 6) is -1.60. The summed E-state index contributed by atoms with van der Waals surface area (Å²) in [5, 5.41) is 4.36. The van der Waals surface area contributed by atoms with Crippen LogP contribution in [0.15, 0.2) is 41.4 Å². The average molecular weight is 415 g/mol. The standard InChI is InChI=1S/C20H25N5O5/c1-29-15-7-6-12-9-14(5-4-13(12)10-15)19(28)30-17(26)11-25-16(18(21)27)3-2-8-24-20(22)23/h4-7,9-10,16,25H,2-3,8,11H2,1H3,(H2,21,27)(H4,22,23,24)/t16-/m0/s1. The molecule has 0 saturated heterocycles. The fourth-order valence-electron chi connectivity index (χ4n) is 2.73. The Balaban J connectivity index is 1.90. The average Bonchev–Trinajstić information content (AvgIpc) is 2.71. The van der Waals surface area contributed by atoms with E-state index in [9.17, 15) is 14.4 Å². The van der Waals surface area contributed by atoms with E-state index in [-0.39, 0.29) is 18.1 Å². The van der Waals surface area contributed by atoms with Crippen molar-refractivity contribution in [2.75, 3.05) is 20.2 Å². The minimum atomic E-state index is -0.828. The Morgan fingerprint density at radius 1 is 1.07 bits per heavy atom. The van der Waals surface area contributed by atoms with E-state index >= 15 is 0 Å². The molecule has 2 rings (SSSR count). The second-order valence-corrected chi connectivity index (χ2v) is 6.47. The first-order valence-electron chi connectivity index (χ1n) is 9.21. The Morgan fingerprint density at radius 2 is 1.77 bits per heavy atom. The van der Waals surface area contributed by atoms with Crippen molar-refractivity contribution in [3.8, 4) is 5.75 Å². The van der Waals surface area contributed by atoms with Crippen molar-refractivity contribution in [2.24, 2.45) is 22.2 Å². The van der Waals surface area contributed by atoms with E-state index in [0.717, 1.165) is 10.8 Å². The number of benzene rings is 2. The predicted octanol–water partition coefficient (Wildman–Crippen LogP) is 0.0289. The number of hydrogen-bond donors (Lipinski definition) is 4. The molecule has 10 heteroatoms. The second kappa shape index (κ2) is 10.8. The van der Waals surface area contributed by atoms with Crippen molar-refractivity contribution < 1.29 is 23.9 Å². The predicted molar refractivity (Wildman–Crippen MR) is 112 cm³/mol. The first-order chi connectivity index (χ1) is 14.3. The van der Waals surface area contributed by atoms with Crippen LogP contribution in [0.25, 0.3) is 10.8 Å². The molecule has 1 amide bonds. The molecule has 0 unspecified atom stereocenters. The third-order valence-electron chi connectivity index (χ3n) is 4.27. The van der Waals surface area contributed by atoms with Crippen molar-refractivity contribution in [3.05, 3.63) is 42.0 Å². The molecule has 2 aromatic carbocycles. The van der Waals surface area contributed by atoms with Gasteiger partial charge in [0.25, 0.3) is 0 Å². The summed E-state index contributed by atoms with van der Waals surface area (Å²) >= 11 is 0. The molecule has 7 N–H and O–H groups in total. The van der Waals surface area contributed by atoms with Crippen LogP contribution in [0.1, 0.15) is 23.2 Å². The van der Waals surface area contributed by atoms with E-state index in [2.05, 4.69) is 10.3 Å². The lowest BCUT2D eigenvalue weighted by atomic mass is 10.1. The molecule has 0 aliphatic rings. The van der Waals surface area contributed by atoms with Crippen molar-refractivity contribution in [3.63, 3.8) is 0 Å². The molecule has 0 aromatic heterocycles.